The first-order chi connectivity index (χ1) is 15.0. The molecule has 3 aromatic rings. The summed E-state index contributed by atoms with van der Waals surface area (Å²) in [6.07, 6.45) is 1.52. The topological polar surface area (TPSA) is 74.2 Å². The smallest absolute Gasteiger partial charge is 0.271 e. The monoisotopic (exact) mass is 415 g/mol. The van der Waals surface area contributed by atoms with Gasteiger partial charge in [0.05, 0.1) is 12.8 Å². The summed E-state index contributed by atoms with van der Waals surface area (Å²) >= 11 is 0. The zero-order valence-electron chi connectivity index (χ0n) is 17.6. The van der Waals surface area contributed by atoms with Crippen molar-refractivity contribution in [1.82, 2.24) is 5.43 Å². The Balaban J connectivity index is 1.41. The van der Waals surface area contributed by atoms with Crippen LogP contribution in [0.1, 0.15) is 39.5 Å². The van der Waals surface area contributed by atoms with Crippen molar-refractivity contribution < 1.29 is 14.6 Å². The number of phenolic OH excluding ortho intramolecular Hbond substituents is 1. The number of amides is 1. The van der Waals surface area contributed by atoms with Crippen molar-refractivity contribution in [2.24, 2.45) is 5.10 Å². The normalized spacial score (nSPS) is 12.8. The second-order valence-corrected chi connectivity index (χ2v) is 7.53. The molecule has 0 radical (unpaired) electrons. The molecular weight excluding hydrogens is 390 g/mol. The first kappa shape index (κ1) is 20.5. The van der Waals surface area contributed by atoms with Crippen molar-refractivity contribution in [2.45, 2.75) is 26.9 Å². The standard InChI is InChI=1S/C25H25N3O3/c1-3-31-24-12-18(6-11-23(24)29)14-26-27-25(30)19-7-8-20-15-28(16-21(20)13-19)22-9-4-17(2)5-10-22/h4-14,29H,3,15-16H2,1-2H3,(H,27,30)/b26-14+. The summed E-state index contributed by atoms with van der Waals surface area (Å²) in [4.78, 5) is 14.8. The number of phenols is 1. The number of aryl methyl sites for hydroxylation is 1. The van der Waals surface area contributed by atoms with E-state index in [1.54, 1.807) is 12.1 Å². The van der Waals surface area contributed by atoms with E-state index in [4.69, 9.17) is 4.74 Å². The predicted octanol–water partition coefficient (Wildman–Crippen LogP) is 4.38. The lowest BCUT2D eigenvalue weighted by molar-refractivity contribution is 0.0955. The number of nitrogens with one attached hydrogen (secondary N) is 1. The lowest BCUT2D eigenvalue weighted by Crippen LogP contribution is -2.18. The fourth-order valence-electron chi connectivity index (χ4n) is 3.59. The number of carbonyl (C=O) groups excluding carboxylic acids is 1. The number of ether oxygens (including phenoxy) is 1. The molecule has 0 saturated carbocycles. The van der Waals surface area contributed by atoms with Gasteiger partial charge in [-0.15, -0.1) is 0 Å². The SMILES string of the molecule is CCOc1cc(/C=N/NC(=O)c2ccc3c(c2)CN(c2ccc(C)cc2)C3)ccc1O. The maximum absolute atomic E-state index is 12.5. The van der Waals surface area contributed by atoms with Gasteiger partial charge in [-0.25, -0.2) is 5.43 Å². The summed E-state index contributed by atoms with van der Waals surface area (Å²) < 4.78 is 5.36. The van der Waals surface area contributed by atoms with Crippen molar-refractivity contribution in [2.75, 3.05) is 11.5 Å². The second-order valence-electron chi connectivity index (χ2n) is 7.53. The van der Waals surface area contributed by atoms with Crippen molar-refractivity contribution in [3.8, 4) is 11.5 Å². The number of benzene rings is 3. The van der Waals surface area contributed by atoms with Crippen LogP contribution in [0.25, 0.3) is 0 Å². The van der Waals surface area contributed by atoms with E-state index >= 15 is 0 Å². The highest BCUT2D eigenvalue weighted by Crippen LogP contribution is 2.29. The number of carbonyl (C=O) groups is 1. The number of hydrogen-bond acceptors (Lipinski definition) is 5. The van der Waals surface area contributed by atoms with E-state index < -0.39 is 0 Å². The fraction of sp³-hybridized carbons (Fsp3) is 0.200. The number of hydrazone groups is 1. The van der Waals surface area contributed by atoms with Crippen LogP contribution in [-0.2, 0) is 13.1 Å². The maximum Gasteiger partial charge on any atom is 0.271 e. The molecular formula is C25H25N3O3. The molecule has 0 saturated heterocycles. The van der Waals surface area contributed by atoms with Crippen LogP contribution in [0.3, 0.4) is 0 Å². The van der Waals surface area contributed by atoms with E-state index in [9.17, 15) is 9.90 Å². The Morgan fingerprint density at radius 2 is 1.87 bits per heavy atom. The average molecular weight is 415 g/mol. The molecule has 0 unspecified atom stereocenters. The Bertz CT molecular complexity index is 1120. The third-order valence-corrected chi connectivity index (χ3v) is 5.25. The molecule has 6 heteroatoms. The van der Waals surface area contributed by atoms with E-state index in [1.807, 2.05) is 25.1 Å². The molecule has 2 N–H and O–H groups in total. The fourth-order valence-corrected chi connectivity index (χ4v) is 3.59. The predicted molar refractivity (Wildman–Crippen MR) is 122 cm³/mol. The van der Waals surface area contributed by atoms with E-state index in [0.717, 1.165) is 18.7 Å². The van der Waals surface area contributed by atoms with Gasteiger partial charge in [0, 0.05) is 24.3 Å². The minimum Gasteiger partial charge on any atom is -0.504 e. The van der Waals surface area contributed by atoms with E-state index in [-0.39, 0.29) is 11.7 Å². The van der Waals surface area contributed by atoms with Crippen LogP contribution in [0.5, 0.6) is 11.5 Å². The van der Waals surface area contributed by atoms with Gasteiger partial charge in [-0.05, 0) is 73.0 Å². The van der Waals surface area contributed by atoms with E-state index in [2.05, 4.69) is 46.6 Å². The average Bonchev–Trinajstić information content (AvgIpc) is 3.20. The zero-order chi connectivity index (χ0) is 21.8. The van der Waals surface area contributed by atoms with Crippen LogP contribution in [-0.4, -0.2) is 23.8 Å². The van der Waals surface area contributed by atoms with E-state index in [1.165, 1.54) is 29.1 Å². The highest BCUT2D eigenvalue weighted by atomic mass is 16.5. The summed E-state index contributed by atoms with van der Waals surface area (Å²) in [6.45, 7) is 5.98. The van der Waals surface area contributed by atoms with Gasteiger partial charge >= 0.3 is 0 Å². The van der Waals surface area contributed by atoms with Crippen LogP contribution in [0.4, 0.5) is 5.69 Å². The molecule has 1 aliphatic rings. The number of fused-ring (bicyclic) bond motifs is 1. The minimum atomic E-state index is -0.267. The Morgan fingerprint density at radius 3 is 2.65 bits per heavy atom. The summed E-state index contributed by atoms with van der Waals surface area (Å²) in [6, 6.07) is 19.2. The van der Waals surface area contributed by atoms with Gasteiger partial charge < -0.3 is 14.7 Å². The summed E-state index contributed by atoms with van der Waals surface area (Å²) in [5.74, 6) is 0.187. The molecule has 3 aromatic carbocycles. The molecule has 0 atom stereocenters. The molecule has 0 spiro atoms. The van der Waals surface area contributed by atoms with Crippen molar-refractivity contribution in [3.63, 3.8) is 0 Å². The quantitative estimate of drug-likeness (QED) is 0.463. The van der Waals surface area contributed by atoms with Gasteiger partial charge in [0.25, 0.3) is 5.91 Å². The Kier molecular flexibility index (Phi) is 5.89. The first-order valence-corrected chi connectivity index (χ1v) is 10.3. The van der Waals surface area contributed by atoms with Crippen molar-refractivity contribution >= 4 is 17.8 Å². The van der Waals surface area contributed by atoms with Gasteiger partial charge in [-0.2, -0.15) is 5.10 Å². The number of hydrogen-bond donors (Lipinski definition) is 2. The molecule has 4 rings (SSSR count). The number of rotatable bonds is 6. The summed E-state index contributed by atoms with van der Waals surface area (Å²) in [5, 5.41) is 13.8. The maximum atomic E-state index is 12.5. The third kappa shape index (κ3) is 4.69. The van der Waals surface area contributed by atoms with Crippen molar-refractivity contribution in [3.05, 3.63) is 88.5 Å². The summed E-state index contributed by atoms with van der Waals surface area (Å²) in [7, 11) is 0. The van der Waals surface area contributed by atoms with Crippen molar-refractivity contribution in [1.29, 1.82) is 0 Å². The largest absolute Gasteiger partial charge is 0.504 e. The van der Waals surface area contributed by atoms with Crippen LogP contribution in [0.2, 0.25) is 0 Å². The Hall–Kier alpha value is -3.80. The molecule has 31 heavy (non-hydrogen) atoms. The van der Waals surface area contributed by atoms with Crippen LogP contribution < -0.4 is 15.1 Å². The number of aromatic hydroxyl groups is 1. The van der Waals surface area contributed by atoms with Gasteiger partial charge in [0.1, 0.15) is 0 Å². The Morgan fingerprint density at radius 1 is 1.10 bits per heavy atom. The van der Waals surface area contributed by atoms with Gasteiger partial charge in [-0.1, -0.05) is 23.8 Å². The van der Waals surface area contributed by atoms with Crippen LogP contribution in [0.15, 0.2) is 65.8 Å². The van der Waals surface area contributed by atoms with Crippen LogP contribution >= 0.6 is 0 Å². The first-order valence-electron chi connectivity index (χ1n) is 10.3. The lowest BCUT2D eigenvalue weighted by atomic mass is 10.1. The molecule has 0 aliphatic carbocycles. The molecule has 1 heterocycles. The second kappa shape index (κ2) is 8.92. The highest BCUT2D eigenvalue weighted by Gasteiger charge is 2.20. The molecule has 0 aromatic heterocycles. The van der Waals surface area contributed by atoms with Gasteiger partial charge in [0.15, 0.2) is 11.5 Å². The van der Waals surface area contributed by atoms with E-state index in [0.29, 0.717) is 23.5 Å². The third-order valence-electron chi connectivity index (χ3n) is 5.25. The summed E-state index contributed by atoms with van der Waals surface area (Å²) in [5.41, 5.74) is 8.65. The number of nitrogens with zero attached hydrogens (tertiary/aromatic N) is 2. The van der Waals surface area contributed by atoms with Gasteiger partial charge in [0.2, 0.25) is 0 Å². The molecule has 0 fully saturated rings. The molecule has 1 amide bonds. The van der Waals surface area contributed by atoms with Crippen LogP contribution in [0, 0.1) is 6.92 Å². The highest BCUT2D eigenvalue weighted by molar-refractivity contribution is 5.95. The van der Waals surface area contributed by atoms with Gasteiger partial charge in [-0.3, -0.25) is 4.79 Å². The minimum absolute atomic E-state index is 0.0702. The molecule has 1 aliphatic heterocycles. The Labute approximate surface area is 181 Å². The number of anilines is 1. The lowest BCUT2D eigenvalue weighted by Gasteiger charge is -2.17. The molecule has 0 bridgehead atoms. The molecule has 6 nitrogen and oxygen atoms in total. The molecule has 158 valence electrons. The zero-order valence-corrected chi connectivity index (χ0v) is 17.6.